The minimum Gasteiger partial charge on any atom is -0.384 e. The number of halogens is 6. The van der Waals surface area contributed by atoms with Crippen molar-refractivity contribution in [1.29, 1.82) is 0 Å². The van der Waals surface area contributed by atoms with Crippen molar-refractivity contribution < 1.29 is 40.7 Å². The Bertz CT molecular complexity index is 234. The zero-order valence-corrected chi connectivity index (χ0v) is 6.15. The SMILES string of the molecule is O=C(OC(=O)C(F)(F)F)C(F)C(F)F. The summed E-state index contributed by atoms with van der Waals surface area (Å²) in [4.78, 5) is 19.9. The molecule has 0 heterocycles. The fourth-order valence-corrected chi connectivity index (χ4v) is 0.308. The standard InChI is InChI=1S/C5H2F6O3/c6-1(2(7)8)3(12)14-4(13)5(9,10)11/h1-2H. The molecule has 14 heavy (non-hydrogen) atoms. The molecule has 9 heteroatoms. The van der Waals surface area contributed by atoms with Crippen LogP contribution < -0.4 is 0 Å². The summed E-state index contributed by atoms with van der Waals surface area (Å²) in [7, 11) is 0. The summed E-state index contributed by atoms with van der Waals surface area (Å²) in [6.45, 7) is 0. The van der Waals surface area contributed by atoms with Gasteiger partial charge in [-0.25, -0.2) is 22.8 Å². The fourth-order valence-electron chi connectivity index (χ4n) is 0.308. The number of esters is 2. The van der Waals surface area contributed by atoms with E-state index < -0.39 is 30.7 Å². The van der Waals surface area contributed by atoms with Crippen LogP contribution in [0.5, 0.6) is 0 Å². The average molecular weight is 224 g/mol. The molecule has 0 rings (SSSR count). The Morgan fingerprint density at radius 2 is 1.50 bits per heavy atom. The smallest absolute Gasteiger partial charge is 0.384 e. The number of carbonyl (C=O) groups is 2. The van der Waals surface area contributed by atoms with Gasteiger partial charge >= 0.3 is 18.1 Å². The topological polar surface area (TPSA) is 43.4 Å². The van der Waals surface area contributed by atoms with Gasteiger partial charge in [0.15, 0.2) is 0 Å². The number of ether oxygens (including phenoxy) is 1. The number of alkyl halides is 6. The van der Waals surface area contributed by atoms with Gasteiger partial charge in [0.25, 0.3) is 12.6 Å². The van der Waals surface area contributed by atoms with E-state index in [4.69, 9.17) is 0 Å². The molecule has 0 aromatic carbocycles. The van der Waals surface area contributed by atoms with Crippen molar-refractivity contribution in [3.05, 3.63) is 0 Å². The molecule has 0 aliphatic heterocycles. The predicted octanol–water partition coefficient (Wildman–Crippen LogP) is 1.22. The highest BCUT2D eigenvalue weighted by molar-refractivity contribution is 5.90. The van der Waals surface area contributed by atoms with E-state index in [9.17, 15) is 35.9 Å². The Kier molecular flexibility index (Phi) is 3.90. The minimum atomic E-state index is -5.53. The van der Waals surface area contributed by atoms with E-state index in [2.05, 4.69) is 4.74 Å². The maximum absolute atomic E-state index is 11.9. The molecule has 1 unspecified atom stereocenters. The molecule has 0 aliphatic carbocycles. The van der Waals surface area contributed by atoms with Gasteiger partial charge in [0.05, 0.1) is 0 Å². The van der Waals surface area contributed by atoms with Crippen LogP contribution in [-0.4, -0.2) is 30.7 Å². The van der Waals surface area contributed by atoms with Gasteiger partial charge in [-0.3, -0.25) is 0 Å². The maximum Gasteiger partial charge on any atom is 0.491 e. The molecule has 0 aromatic rings. The van der Waals surface area contributed by atoms with Crippen LogP contribution in [-0.2, 0) is 14.3 Å². The highest BCUT2D eigenvalue weighted by atomic mass is 19.4. The molecule has 0 aromatic heterocycles. The third kappa shape index (κ3) is 3.62. The molecule has 0 amide bonds. The molecule has 0 saturated carbocycles. The second-order valence-corrected chi connectivity index (χ2v) is 1.94. The first-order chi connectivity index (χ1) is 6.16. The van der Waals surface area contributed by atoms with Crippen molar-refractivity contribution in [2.24, 2.45) is 0 Å². The molecule has 0 fully saturated rings. The van der Waals surface area contributed by atoms with Gasteiger partial charge in [0, 0.05) is 0 Å². The second kappa shape index (κ2) is 4.29. The summed E-state index contributed by atoms with van der Waals surface area (Å²) in [5.41, 5.74) is 0. The Labute approximate surface area is 72.6 Å². The molecule has 0 bridgehead atoms. The van der Waals surface area contributed by atoms with Crippen molar-refractivity contribution in [3.63, 3.8) is 0 Å². The maximum atomic E-state index is 11.9. The van der Waals surface area contributed by atoms with Gasteiger partial charge < -0.3 is 4.74 Å². The Morgan fingerprint density at radius 3 is 1.79 bits per heavy atom. The van der Waals surface area contributed by atoms with E-state index >= 15 is 0 Å². The zero-order valence-electron chi connectivity index (χ0n) is 6.15. The first-order valence-electron chi connectivity index (χ1n) is 2.91. The van der Waals surface area contributed by atoms with Crippen molar-refractivity contribution in [2.75, 3.05) is 0 Å². The van der Waals surface area contributed by atoms with Gasteiger partial charge in [0.1, 0.15) is 0 Å². The molecule has 82 valence electrons. The molecular formula is C5H2F6O3. The number of hydrogen-bond acceptors (Lipinski definition) is 3. The second-order valence-electron chi connectivity index (χ2n) is 1.94. The summed E-state index contributed by atoms with van der Waals surface area (Å²) < 4.78 is 71.4. The number of carbonyl (C=O) groups excluding carboxylic acids is 2. The first kappa shape index (κ1) is 12.7. The van der Waals surface area contributed by atoms with E-state index in [1.165, 1.54) is 0 Å². The lowest BCUT2D eigenvalue weighted by Crippen LogP contribution is -2.34. The first-order valence-corrected chi connectivity index (χ1v) is 2.91. The fraction of sp³-hybridized carbons (Fsp3) is 0.600. The third-order valence-corrected chi connectivity index (χ3v) is 0.871. The summed E-state index contributed by atoms with van der Waals surface area (Å²) >= 11 is 0. The van der Waals surface area contributed by atoms with E-state index in [0.717, 1.165) is 0 Å². The average Bonchev–Trinajstić information content (AvgIpc) is 2.00. The summed E-state index contributed by atoms with van der Waals surface area (Å²) in [6, 6.07) is 0. The quantitative estimate of drug-likeness (QED) is 0.402. The van der Waals surface area contributed by atoms with Crippen molar-refractivity contribution >= 4 is 11.9 Å². The van der Waals surface area contributed by atoms with Crippen LogP contribution in [0.2, 0.25) is 0 Å². The molecule has 0 N–H and O–H groups in total. The third-order valence-electron chi connectivity index (χ3n) is 0.871. The normalized spacial score (nSPS) is 13.9. The predicted molar refractivity (Wildman–Crippen MR) is 28.1 cm³/mol. The lowest BCUT2D eigenvalue weighted by Gasteiger charge is -2.07. The van der Waals surface area contributed by atoms with E-state index in [1.54, 1.807) is 0 Å². The summed E-state index contributed by atoms with van der Waals surface area (Å²) in [6.07, 6.45) is -12.9. The van der Waals surface area contributed by atoms with E-state index in [0.29, 0.717) is 0 Å². The molecule has 0 spiro atoms. The molecular weight excluding hydrogens is 222 g/mol. The largest absolute Gasteiger partial charge is 0.491 e. The minimum absolute atomic E-state index is 2.57. The van der Waals surface area contributed by atoms with Gasteiger partial charge in [-0.1, -0.05) is 0 Å². The van der Waals surface area contributed by atoms with Crippen LogP contribution in [0.25, 0.3) is 0 Å². The van der Waals surface area contributed by atoms with Crippen LogP contribution in [0.1, 0.15) is 0 Å². The van der Waals surface area contributed by atoms with Crippen LogP contribution in [0.4, 0.5) is 26.3 Å². The number of hydrogen-bond donors (Lipinski definition) is 0. The monoisotopic (exact) mass is 224 g/mol. The molecule has 3 nitrogen and oxygen atoms in total. The van der Waals surface area contributed by atoms with Crippen LogP contribution >= 0.6 is 0 Å². The van der Waals surface area contributed by atoms with Gasteiger partial charge in [-0.05, 0) is 0 Å². The summed E-state index contributed by atoms with van der Waals surface area (Å²) in [5.74, 6) is -5.60. The molecule has 0 saturated heterocycles. The van der Waals surface area contributed by atoms with E-state index in [-0.39, 0.29) is 0 Å². The zero-order chi connectivity index (χ0) is 11.5. The van der Waals surface area contributed by atoms with Crippen molar-refractivity contribution in [3.8, 4) is 0 Å². The Morgan fingerprint density at radius 1 is 1.07 bits per heavy atom. The lowest BCUT2D eigenvalue weighted by atomic mass is 10.4. The molecule has 1 atom stereocenters. The Hall–Kier alpha value is -1.28. The molecule has 0 aliphatic rings. The van der Waals surface area contributed by atoms with Crippen LogP contribution in [0.3, 0.4) is 0 Å². The Balaban J connectivity index is 4.28. The van der Waals surface area contributed by atoms with Gasteiger partial charge in [0.2, 0.25) is 0 Å². The van der Waals surface area contributed by atoms with Gasteiger partial charge in [-0.15, -0.1) is 0 Å². The van der Waals surface area contributed by atoms with Gasteiger partial charge in [-0.2, -0.15) is 13.2 Å². The number of rotatable bonds is 2. The highest BCUT2D eigenvalue weighted by Crippen LogP contribution is 2.18. The van der Waals surface area contributed by atoms with Crippen LogP contribution in [0.15, 0.2) is 0 Å². The van der Waals surface area contributed by atoms with Crippen molar-refractivity contribution in [1.82, 2.24) is 0 Å². The van der Waals surface area contributed by atoms with E-state index in [1.807, 2.05) is 0 Å². The summed E-state index contributed by atoms with van der Waals surface area (Å²) in [5, 5.41) is 0. The lowest BCUT2D eigenvalue weighted by molar-refractivity contribution is -0.204. The molecule has 0 radical (unpaired) electrons. The highest BCUT2D eigenvalue weighted by Gasteiger charge is 2.44. The van der Waals surface area contributed by atoms with Crippen LogP contribution in [0, 0.1) is 0 Å². The van der Waals surface area contributed by atoms with Crippen molar-refractivity contribution in [2.45, 2.75) is 18.8 Å².